The van der Waals surface area contributed by atoms with E-state index in [1.54, 1.807) is 6.07 Å². The van der Waals surface area contributed by atoms with Crippen LogP contribution >= 0.6 is 15.9 Å². The zero-order chi connectivity index (χ0) is 12.1. The van der Waals surface area contributed by atoms with Gasteiger partial charge in [-0.2, -0.15) is 0 Å². The number of carboxylic acid groups (broad SMARTS) is 1. The Morgan fingerprint density at radius 2 is 2.25 bits per heavy atom. The van der Waals surface area contributed by atoms with Crippen molar-refractivity contribution in [2.24, 2.45) is 0 Å². The largest absolute Gasteiger partial charge is 0.478 e. The van der Waals surface area contributed by atoms with Crippen molar-refractivity contribution in [3.63, 3.8) is 0 Å². The number of nitrogens with zero attached hydrogens (tertiary/aromatic N) is 1. The van der Waals surface area contributed by atoms with Crippen LogP contribution in [0.3, 0.4) is 0 Å². The van der Waals surface area contributed by atoms with Gasteiger partial charge in [0.2, 0.25) is 6.20 Å². The number of nitrogens with one attached hydrogen (secondary N) is 1. The van der Waals surface area contributed by atoms with E-state index in [-0.39, 0.29) is 11.3 Å². The first kappa shape index (κ1) is 12.2. The summed E-state index contributed by atoms with van der Waals surface area (Å²) in [6, 6.07) is 4.55. The fourth-order valence-electron chi connectivity index (χ4n) is 1.01. The van der Waals surface area contributed by atoms with Crippen LogP contribution in [0, 0.1) is 10.1 Å². The zero-order valence-corrected chi connectivity index (χ0v) is 9.47. The molecule has 2 N–H and O–H groups in total. The monoisotopic (exact) mass is 286 g/mol. The number of rotatable bonds is 4. The van der Waals surface area contributed by atoms with E-state index in [2.05, 4.69) is 21.2 Å². The van der Waals surface area contributed by atoms with Crippen LogP contribution in [0.25, 0.3) is 0 Å². The van der Waals surface area contributed by atoms with Crippen molar-refractivity contribution >= 4 is 27.6 Å². The van der Waals surface area contributed by atoms with E-state index in [4.69, 9.17) is 5.11 Å². The highest BCUT2D eigenvalue weighted by molar-refractivity contribution is 9.10. The first-order valence-corrected chi connectivity index (χ1v) is 4.89. The first-order valence-electron chi connectivity index (χ1n) is 4.10. The van der Waals surface area contributed by atoms with Crippen LogP contribution in [0.2, 0.25) is 0 Å². The van der Waals surface area contributed by atoms with Gasteiger partial charge in [0.15, 0.2) is 0 Å². The molecule has 1 rings (SSSR count). The number of halogens is 1. The number of aromatic carboxylic acids is 1. The van der Waals surface area contributed by atoms with Gasteiger partial charge < -0.3 is 10.4 Å². The summed E-state index contributed by atoms with van der Waals surface area (Å²) in [5.41, 5.74) is 0.316. The lowest BCUT2D eigenvalue weighted by molar-refractivity contribution is -0.402. The predicted molar refractivity (Wildman–Crippen MR) is 60.9 cm³/mol. The van der Waals surface area contributed by atoms with E-state index in [1.165, 1.54) is 12.1 Å². The van der Waals surface area contributed by atoms with Crippen molar-refractivity contribution < 1.29 is 14.8 Å². The van der Waals surface area contributed by atoms with Crippen molar-refractivity contribution in [1.29, 1.82) is 0 Å². The topological polar surface area (TPSA) is 92.5 Å². The molecule has 16 heavy (non-hydrogen) atoms. The van der Waals surface area contributed by atoms with Gasteiger partial charge in [-0.05, 0) is 18.2 Å². The molecule has 6 nitrogen and oxygen atoms in total. The van der Waals surface area contributed by atoms with Gasteiger partial charge in [-0.25, -0.2) is 4.79 Å². The molecule has 1 aromatic carbocycles. The van der Waals surface area contributed by atoms with Gasteiger partial charge in [0.25, 0.3) is 0 Å². The lowest BCUT2D eigenvalue weighted by Gasteiger charge is -2.05. The Bertz CT molecular complexity index is 459. The molecule has 0 atom stereocenters. The van der Waals surface area contributed by atoms with E-state index in [0.29, 0.717) is 10.7 Å². The van der Waals surface area contributed by atoms with Crippen LogP contribution in [0.1, 0.15) is 10.4 Å². The second-order valence-electron chi connectivity index (χ2n) is 2.74. The summed E-state index contributed by atoms with van der Waals surface area (Å²) in [5.74, 6) is -1.11. The lowest BCUT2D eigenvalue weighted by Crippen LogP contribution is -2.02. The summed E-state index contributed by atoms with van der Waals surface area (Å²) in [6.45, 7) is 0. The minimum absolute atomic E-state index is 0.0300. The number of benzene rings is 1. The Balaban J connectivity index is 2.95. The van der Waals surface area contributed by atoms with E-state index < -0.39 is 10.9 Å². The fourth-order valence-corrected chi connectivity index (χ4v) is 1.37. The average Bonchev–Trinajstić information content (AvgIpc) is 2.19. The molecule has 0 unspecified atom stereocenters. The number of carbonyl (C=O) groups is 1. The molecule has 0 saturated heterocycles. The van der Waals surface area contributed by atoms with E-state index in [1.807, 2.05) is 0 Å². The number of anilines is 1. The van der Waals surface area contributed by atoms with Gasteiger partial charge in [0, 0.05) is 4.47 Å². The predicted octanol–water partition coefficient (Wildman–Crippen LogP) is 2.31. The maximum absolute atomic E-state index is 10.9. The molecule has 7 heteroatoms. The van der Waals surface area contributed by atoms with Crippen LogP contribution in [-0.2, 0) is 0 Å². The van der Waals surface area contributed by atoms with Crippen molar-refractivity contribution in [3.05, 3.63) is 50.7 Å². The standard InChI is InChI=1S/C9H7BrN2O4/c10-6-1-2-8(7(5-6)9(13)14)11-3-4-12(15)16/h1-5,11H,(H,13,14). The molecule has 0 heterocycles. The second kappa shape index (κ2) is 5.26. The summed E-state index contributed by atoms with van der Waals surface area (Å²) < 4.78 is 0.619. The third-order valence-corrected chi connectivity index (χ3v) is 2.14. The number of hydrogen-bond donors (Lipinski definition) is 2. The summed E-state index contributed by atoms with van der Waals surface area (Å²) in [7, 11) is 0. The highest BCUT2D eigenvalue weighted by Gasteiger charge is 2.09. The van der Waals surface area contributed by atoms with E-state index >= 15 is 0 Å². The average molecular weight is 287 g/mol. The van der Waals surface area contributed by atoms with Gasteiger partial charge in [0.1, 0.15) is 0 Å². The molecule has 0 radical (unpaired) electrons. The molecule has 0 fully saturated rings. The summed E-state index contributed by atoms with van der Waals surface area (Å²) in [6.07, 6.45) is 1.75. The molecule has 0 aromatic heterocycles. The highest BCUT2D eigenvalue weighted by Crippen LogP contribution is 2.21. The Labute approximate surface area is 98.9 Å². The van der Waals surface area contributed by atoms with E-state index in [9.17, 15) is 14.9 Å². The van der Waals surface area contributed by atoms with Crippen molar-refractivity contribution in [1.82, 2.24) is 0 Å². The Morgan fingerprint density at radius 1 is 1.56 bits per heavy atom. The highest BCUT2D eigenvalue weighted by atomic mass is 79.9. The van der Waals surface area contributed by atoms with Gasteiger partial charge in [-0.3, -0.25) is 10.1 Å². The molecule has 0 bridgehead atoms. The number of nitro groups is 1. The third kappa shape index (κ3) is 3.35. The zero-order valence-electron chi connectivity index (χ0n) is 7.88. The van der Waals surface area contributed by atoms with Gasteiger partial charge in [-0.15, -0.1) is 0 Å². The summed E-state index contributed by atoms with van der Waals surface area (Å²) >= 11 is 3.14. The molecule has 0 saturated carbocycles. The maximum atomic E-state index is 10.9. The first-order chi connectivity index (χ1) is 7.50. The Hall–Kier alpha value is -1.89. The van der Waals surface area contributed by atoms with E-state index in [0.717, 1.165) is 6.20 Å². The third-order valence-electron chi connectivity index (χ3n) is 1.65. The number of carboxylic acids is 1. The van der Waals surface area contributed by atoms with Crippen molar-refractivity contribution in [2.75, 3.05) is 5.32 Å². The lowest BCUT2D eigenvalue weighted by atomic mass is 10.2. The Morgan fingerprint density at radius 3 is 2.81 bits per heavy atom. The molecule has 0 aliphatic carbocycles. The van der Waals surface area contributed by atoms with Crippen molar-refractivity contribution in [3.8, 4) is 0 Å². The molecule has 0 spiro atoms. The summed E-state index contributed by atoms with van der Waals surface area (Å²) in [4.78, 5) is 20.2. The normalized spacial score (nSPS) is 10.3. The van der Waals surface area contributed by atoms with Crippen LogP contribution < -0.4 is 5.32 Å². The smallest absolute Gasteiger partial charge is 0.337 e. The van der Waals surface area contributed by atoms with Crippen LogP contribution in [0.4, 0.5) is 5.69 Å². The molecule has 0 amide bonds. The maximum Gasteiger partial charge on any atom is 0.337 e. The van der Waals surface area contributed by atoms with Gasteiger partial charge in [-0.1, -0.05) is 15.9 Å². The van der Waals surface area contributed by atoms with Gasteiger partial charge >= 0.3 is 5.97 Å². The van der Waals surface area contributed by atoms with Crippen LogP contribution in [-0.4, -0.2) is 16.0 Å². The SMILES string of the molecule is O=C(O)c1cc(Br)ccc1NC=C[N+](=O)[O-]. The minimum Gasteiger partial charge on any atom is -0.478 e. The Kier molecular flexibility index (Phi) is 4.01. The quantitative estimate of drug-likeness (QED) is 0.654. The van der Waals surface area contributed by atoms with Crippen LogP contribution in [0.5, 0.6) is 0 Å². The molecule has 1 aromatic rings. The summed E-state index contributed by atoms with van der Waals surface area (Å²) in [5, 5.41) is 21.4. The fraction of sp³-hybridized carbons (Fsp3) is 0. The second-order valence-corrected chi connectivity index (χ2v) is 3.66. The van der Waals surface area contributed by atoms with Gasteiger partial charge in [0.05, 0.1) is 22.4 Å². The van der Waals surface area contributed by atoms with Crippen molar-refractivity contribution in [2.45, 2.75) is 0 Å². The molecule has 0 aliphatic rings. The minimum atomic E-state index is -1.11. The molecular weight excluding hydrogens is 280 g/mol. The molecular formula is C9H7BrN2O4. The van der Waals surface area contributed by atoms with Crippen LogP contribution in [0.15, 0.2) is 35.1 Å². The molecule has 0 aliphatic heterocycles. The number of hydrogen-bond acceptors (Lipinski definition) is 4. The molecule has 84 valence electrons.